The third-order valence-electron chi connectivity index (χ3n) is 7.09. The van der Waals surface area contributed by atoms with Gasteiger partial charge in [-0.1, -0.05) is 49.2 Å². The van der Waals surface area contributed by atoms with Gasteiger partial charge in [-0.3, -0.25) is 9.69 Å². The number of piperidine rings is 1. The molecule has 3 aromatic rings. The minimum Gasteiger partial charge on any atom is -0.335 e. The van der Waals surface area contributed by atoms with Crippen molar-refractivity contribution in [2.75, 3.05) is 30.3 Å². The number of hydrogen-bond acceptors (Lipinski definition) is 4. The van der Waals surface area contributed by atoms with Crippen LogP contribution in [-0.2, 0) is 4.79 Å². The molecule has 3 N–H and O–H groups in total. The van der Waals surface area contributed by atoms with E-state index >= 15 is 0 Å². The first kappa shape index (κ1) is 24.1. The number of carbonyl (C=O) groups excluding carboxylic acids is 2. The van der Waals surface area contributed by atoms with Gasteiger partial charge in [0, 0.05) is 36.8 Å². The molecule has 1 aliphatic heterocycles. The van der Waals surface area contributed by atoms with E-state index in [2.05, 4.69) is 20.9 Å². The second kappa shape index (κ2) is 11.4. The summed E-state index contributed by atoms with van der Waals surface area (Å²) in [6, 6.07) is 21.3. The van der Waals surface area contributed by atoms with Gasteiger partial charge in [0.15, 0.2) is 0 Å². The van der Waals surface area contributed by atoms with Crippen LogP contribution in [0.2, 0.25) is 0 Å². The van der Waals surface area contributed by atoms with Crippen LogP contribution in [0.3, 0.4) is 0 Å². The predicted molar refractivity (Wildman–Crippen MR) is 141 cm³/mol. The van der Waals surface area contributed by atoms with Crippen molar-refractivity contribution in [1.82, 2.24) is 20.0 Å². The first-order valence-electron chi connectivity index (χ1n) is 12.9. The van der Waals surface area contributed by atoms with Crippen molar-refractivity contribution in [3.05, 3.63) is 72.4 Å². The minimum atomic E-state index is -0.190. The number of nitrogens with one attached hydrogen (secondary N) is 3. The molecular weight excluding hydrogens is 452 g/mol. The number of amides is 3. The Balaban J connectivity index is 1.14. The first-order chi connectivity index (χ1) is 17.6. The van der Waals surface area contributed by atoms with Crippen LogP contribution in [0.1, 0.15) is 50.1 Å². The molecule has 188 valence electrons. The van der Waals surface area contributed by atoms with Gasteiger partial charge in [-0.15, -0.1) is 0 Å². The molecule has 0 unspecified atom stereocenters. The highest BCUT2D eigenvalue weighted by Crippen LogP contribution is 2.35. The number of hydrogen-bond donors (Lipinski definition) is 3. The Hall–Kier alpha value is -3.65. The molecule has 1 saturated carbocycles. The van der Waals surface area contributed by atoms with Crippen molar-refractivity contribution in [2.45, 2.75) is 50.5 Å². The maximum atomic E-state index is 13.0. The Morgan fingerprint density at radius 3 is 2.22 bits per heavy atom. The number of benzene rings is 2. The monoisotopic (exact) mass is 486 g/mol. The molecule has 2 aromatic carbocycles. The fraction of sp³-hybridized carbons (Fsp3) is 0.393. The van der Waals surface area contributed by atoms with Crippen molar-refractivity contribution in [1.29, 1.82) is 0 Å². The lowest BCUT2D eigenvalue weighted by atomic mass is 10.0. The standard InChI is InChI=1S/C28H34N6O2/c35-27(20-33-17-15-23(16-18-33)30-28(36)29-22-11-3-1-4-12-22)31-26-19-25(21-9-7-8-10-21)32-34(26)24-13-5-2-6-14-24/h1-6,11-14,19,21,23H,7-10,15-18,20H2,(H,31,35)(H2,29,30,36). The fourth-order valence-electron chi connectivity index (χ4n) is 5.17. The van der Waals surface area contributed by atoms with E-state index in [-0.39, 0.29) is 18.0 Å². The van der Waals surface area contributed by atoms with Crippen molar-refractivity contribution in [2.24, 2.45) is 0 Å². The number of aromatic nitrogens is 2. The van der Waals surface area contributed by atoms with Crippen molar-refractivity contribution >= 4 is 23.4 Å². The van der Waals surface area contributed by atoms with Crippen molar-refractivity contribution in [3.8, 4) is 5.69 Å². The zero-order chi connectivity index (χ0) is 24.7. The van der Waals surface area contributed by atoms with Crippen molar-refractivity contribution in [3.63, 3.8) is 0 Å². The lowest BCUT2D eigenvalue weighted by Crippen LogP contribution is -2.47. The van der Waals surface area contributed by atoms with E-state index in [9.17, 15) is 9.59 Å². The van der Waals surface area contributed by atoms with Gasteiger partial charge in [0.2, 0.25) is 5.91 Å². The summed E-state index contributed by atoms with van der Waals surface area (Å²) in [6.45, 7) is 1.84. The highest BCUT2D eigenvalue weighted by atomic mass is 16.2. The number of nitrogens with zero attached hydrogens (tertiary/aromatic N) is 3. The van der Waals surface area contributed by atoms with Gasteiger partial charge >= 0.3 is 6.03 Å². The maximum Gasteiger partial charge on any atom is 0.319 e. The molecule has 8 nitrogen and oxygen atoms in total. The molecule has 8 heteroatoms. The number of para-hydroxylation sites is 2. The molecule has 3 amide bonds. The number of likely N-dealkylation sites (tertiary alicyclic amines) is 1. The zero-order valence-electron chi connectivity index (χ0n) is 20.5. The summed E-state index contributed by atoms with van der Waals surface area (Å²) in [7, 11) is 0. The molecule has 2 fully saturated rings. The molecule has 0 spiro atoms. The van der Waals surface area contributed by atoms with Crippen LogP contribution in [0, 0.1) is 0 Å². The molecule has 0 radical (unpaired) electrons. The third kappa shape index (κ3) is 6.12. The van der Waals surface area contributed by atoms with Gasteiger partial charge < -0.3 is 16.0 Å². The summed E-state index contributed by atoms with van der Waals surface area (Å²) < 4.78 is 1.85. The Labute approximate surface area is 212 Å². The van der Waals surface area contributed by atoms with Crippen LogP contribution in [0.15, 0.2) is 66.7 Å². The number of anilines is 2. The summed E-state index contributed by atoms with van der Waals surface area (Å²) in [6.07, 6.45) is 6.41. The largest absolute Gasteiger partial charge is 0.335 e. The van der Waals surface area contributed by atoms with E-state index < -0.39 is 0 Å². The highest BCUT2D eigenvalue weighted by molar-refractivity contribution is 5.92. The van der Waals surface area contributed by atoms with E-state index in [0.717, 1.165) is 61.7 Å². The Bertz CT molecular complexity index is 1150. The zero-order valence-corrected chi connectivity index (χ0v) is 20.5. The van der Waals surface area contributed by atoms with Gasteiger partial charge in [0.1, 0.15) is 5.82 Å². The molecule has 1 aromatic heterocycles. The molecule has 0 bridgehead atoms. The number of carbonyl (C=O) groups is 2. The van der Waals surface area contributed by atoms with E-state index in [1.54, 1.807) is 0 Å². The summed E-state index contributed by atoms with van der Waals surface area (Å²) in [5, 5.41) is 13.9. The number of urea groups is 1. The van der Waals surface area contributed by atoms with Gasteiger partial charge in [0.05, 0.1) is 17.9 Å². The van der Waals surface area contributed by atoms with E-state index in [1.807, 2.05) is 71.4 Å². The second-order valence-corrected chi connectivity index (χ2v) is 9.75. The van der Waals surface area contributed by atoms with E-state index in [1.165, 1.54) is 12.8 Å². The third-order valence-corrected chi connectivity index (χ3v) is 7.09. The van der Waals surface area contributed by atoms with Gasteiger partial charge in [-0.05, 0) is 49.9 Å². The van der Waals surface area contributed by atoms with Gasteiger partial charge in [-0.2, -0.15) is 5.10 Å². The summed E-state index contributed by atoms with van der Waals surface area (Å²) in [5.74, 6) is 1.15. The molecule has 2 heterocycles. The molecule has 5 rings (SSSR count). The lowest BCUT2D eigenvalue weighted by Gasteiger charge is -2.31. The Kier molecular flexibility index (Phi) is 7.61. The average molecular weight is 487 g/mol. The molecular formula is C28H34N6O2. The van der Waals surface area contributed by atoms with Crippen LogP contribution in [-0.4, -0.2) is 52.3 Å². The van der Waals surface area contributed by atoms with Crippen LogP contribution in [0.5, 0.6) is 0 Å². The summed E-state index contributed by atoms with van der Waals surface area (Å²) in [5.41, 5.74) is 2.78. The van der Waals surface area contributed by atoms with E-state index in [0.29, 0.717) is 12.5 Å². The van der Waals surface area contributed by atoms with Gasteiger partial charge in [0.25, 0.3) is 0 Å². The topological polar surface area (TPSA) is 91.3 Å². The molecule has 0 atom stereocenters. The Morgan fingerprint density at radius 2 is 1.53 bits per heavy atom. The normalized spacial score (nSPS) is 17.1. The van der Waals surface area contributed by atoms with Crippen LogP contribution in [0.4, 0.5) is 16.3 Å². The maximum absolute atomic E-state index is 13.0. The molecule has 1 saturated heterocycles. The minimum absolute atomic E-state index is 0.0433. The van der Waals surface area contributed by atoms with E-state index in [4.69, 9.17) is 5.10 Å². The molecule has 1 aliphatic carbocycles. The fourth-order valence-corrected chi connectivity index (χ4v) is 5.17. The summed E-state index contributed by atoms with van der Waals surface area (Å²) >= 11 is 0. The van der Waals surface area contributed by atoms with Gasteiger partial charge in [-0.25, -0.2) is 9.48 Å². The summed E-state index contributed by atoms with van der Waals surface area (Å²) in [4.78, 5) is 27.4. The average Bonchev–Trinajstić information content (AvgIpc) is 3.57. The highest BCUT2D eigenvalue weighted by Gasteiger charge is 2.25. The lowest BCUT2D eigenvalue weighted by molar-refractivity contribution is -0.117. The van der Waals surface area contributed by atoms with Crippen molar-refractivity contribution < 1.29 is 9.59 Å². The Morgan fingerprint density at radius 1 is 0.861 bits per heavy atom. The smallest absolute Gasteiger partial charge is 0.319 e. The van der Waals surface area contributed by atoms with Crippen LogP contribution in [0.25, 0.3) is 5.69 Å². The second-order valence-electron chi connectivity index (χ2n) is 9.75. The van der Waals surface area contributed by atoms with Crippen LogP contribution >= 0.6 is 0 Å². The molecule has 36 heavy (non-hydrogen) atoms. The first-order valence-corrected chi connectivity index (χ1v) is 12.9. The predicted octanol–water partition coefficient (Wildman–Crippen LogP) is 4.75. The quantitative estimate of drug-likeness (QED) is 0.449. The van der Waals surface area contributed by atoms with Crippen LogP contribution < -0.4 is 16.0 Å². The molecule has 2 aliphatic rings. The SMILES string of the molecule is O=C(CN1CCC(NC(=O)Nc2ccccc2)CC1)Nc1cc(C2CCCC2)nn1-c1ccccc1. The number of rotatable bonds is 7.